The van der Waals surface area contributed by atoms with E-state index in [4.69, 9.17) is 19.3 Å². The highest BCUT2D eigenvalue weighted by atomic mass is 32.3. The van der Waals surface area contributed by atoms with Crippen molar-refractivity contribution >= 4 is 28.3 Å². The van der Waals surface area contributed by atoms with Gasteiger partial charge < -0.3 is 15.3 Å². The number of amides is 3. The van der Waals surface area contributed by atoms with E-state index in [-0.39, 0.29) is 12.6 Å². The number of hydrogen-bond donors (Lipinski definition) is 4. The molecule has 4 N–H and O–H groups in total. The summed E-state index contributed by atoms with van der Waals surface area (Å²) < 4.78 is 66.8. The van der Waals surface area contributed by atoms with Gasteiger partial charge in [0.05, 0.1) is 12.6 Å². The number of nitrogens with one attached hydrogen (secondary N) is 2. The summed E-state index contributed by atoms with van der Waals surface area (Å²) in [6.45, 7) is 3.67. The molecule has 4 aliphatic rings. The van der Waals surface area contributed by atoms with Crippen molar-refractivity contribution in [2.24, 2.45) is 0 Å². The molecular weight excluding hydrogens is 519 g/mol. The predicted molar refractivity (Wildman–Crippen MR) is 112 cm³/mol. The molecule has 0 aromatic heterocycles. The Morgan fingerprint density at radius 3 is 2.39 bits per heavy atom. The number of likely N-dealkylation sites (tertiary alicyclic amines) is 1. The third-order valence-corrected chi connectivity index (χ3v) is 6.70. The third-order valence-electron chi connectivity index (χ3n) is 6.36. The van der Waals surface area contributed by atoms with Crippen LogP contribution in [0.5, 0.6) is 0 Å². The standard InChI is InChI=1S/C16H27N5O7S.C2HF3O2/c22-15(18-27-10-11-7-13(8-17-11)19-5-1-2-6-19)14-4-3-12-9-20(14)16(23)21(12)28-29(24,25)26;3-2(4,5)1(6)7/h11-14,17H,1-10H2,(H,18,22)(H,24,25,26);(H,6,7)/t11-,12+,13-,14-;/m0./s1. The maximum absolute atomic E-state index is 12.5. The quantitative estimate of drug-likeness (QED) is 0.239. The lowest BCUT2D eigenvalue weighted by atomic mass is 10.0. The number of hydrogen-bond acceptors (Lipinski definition) is 9. The van der Waals surface area contributed by atoms with E-state index in [1.165, 1.54) is 17.7 Å². The first kappa shape index (κ1) is 28.3. The number of carbonyl (C=O) groups excluding carboxylic acids is 2. The molecule has 0 unspecified atom stereocenters. The number of halogens is 3. The van der Waals surface area contributed by atoms with Gasteiger partial charge in [-0.25, -0.2) is 15.1 Å². The molecule has 0 aromatic rings. The monoisotopic (exact) mass is 547 g/mol. The van der Waals surface area contributed by atoms with Crippen LogP contribution in [0.15, 0.2) is 0 Å². The molecule has 18 heteroatoms. The van der Waals surface area contributed by atoms with Crippen LogP contribution in [0.25, 0.3) is 0 Å². The van der Waals surface area contributed by atoms with Gasteiger partial charge in [0, 0.05) is 25.2 Å². The highest BCUT2D eigenvalue weighted by Crippen LogP contribution is 2.30. The second-order valence-electron chi connectivity index (χ2n) is 8.83. The van der Waals surface area contributed by atoms with Gasteiger partial charge in [-0.3, -0.25) is 19.1 Å². The Balaban J connectivity index is 0.000000454. The third kappa shape index (κ3) is 7.39. The predicted octanol–water partition coefficient (Wildman–Crippen LogP) is -0.503. The van der Waals surface area contributed by atoms with Crippen molar-refractivity contribution < 1.29 is 54.8 Å². The summed E-state index contributed by atoms with van der Waals surface area (Å²) in [4.78, 5) is 42.8. The largest absolute Gasteiger partial charge is 0.490 e. The van der Waals surface area contributed by atoms with Crippen LogP contribution >= 0.6 is 0 Å². The SMILES string of the molecule is O=C(NOC[C@@H]1C[C@H](N2CCCC2)CN1)[C@@H]1CC[C@@H]2CN1C(=O)N2OS(=O)(=O)O.O=C(O)C(F)(F)F. The van der Waals surface area contributed by atoms with Gasteiger partial charge in [0.25, 0.3) is 5.91 Å². The number of alkyl halides is 3. The zero-order valence-corrected chi connectivity index (χ0v) is 19.8. The number of urea groups is 1. The molecule has 0 radical (unpaired) electrons. The van der Waals surface area contributed by atoms with Crippen LogP contribution < -0.4 is 10.8 Å². The maximum Gasteiger partial charge on any atom is 0.490 e. The molecule has 4 saturated heterocycles. The Morgan fingerprint density at radius 1 is 1.17 bits per heavy atom. The second-order valence-corrected chi connectivity index (χ2v) is 9.83. The summed E-state index contributed by atoms with van der Waals surface area (Å²) in [5.74, 6) is -3.22. The van der Waals surface area contributed by atoms with Gasteiger partial charge in [-0.15, -0.1) is 4.28 Å². The number of fused-ring (bicyclic) bond motifs is 2. The van der Waals surface area contributed by atoms with Crippen molar-refractivity contribution in [1.82, 2.24) is 25.7 Å². The molecule has 14 nitrogen and oxygen atoms in total. The average Bonchev–Trinajstić information content (AvgIpc) is 3.51. The minimum absolute atomic E-state index is 0.147. The van der Waals surface area contributed by atoms with Crippen molar-refractivity contribution in [1.29, 1.82) is 0 Å². The number of rotatable bonds is 7. The first-order chi connectivity index (χ1) is 16.8. The Kier molecular flexibility index (Phi) is 8.99. The molecule has 206 valence electrons. The van der Waals surface area contributed by atoms with Gasteiger partial charge in [-0.1, -0.05) is 0 Å². The number of carboxylic acids is 1. The molecule has 4 atom stereocenters. The summed E-state index contributed by atoms with van der Waals surface area (Å²) in [5.41, 5.74) is 2.42. The van der Waals surface area contributed by atoms with Crippen molar-refractivity contribution in [2.45, 2.75) is 62.4 Å². The molecular formula is C18H28F3N5O9S. The summed E-state index contributed by atoms with van der Waals surface area (Å²) >= 11 is 0. The fraction of sp³-hybridized carbons (Fsp3) is 0.833. The summed E-state index contributed by atoms with van der Waals surface area (Å²) in [6.07, 6.45) is -0.906. The summed E-state index contributed by atoms with van der Waals surface area (Å²) in [5, 5.41) is 11.2. The van der Waals surface area contributed by atoms with Crippen molar-refractivity contribution in [3.63, 3.8) is 0 Å². The minimum Gasteiger partial charge on any atom is -0.475 e. The normalized spacial score (nSPS) is 28.7. The summed E-state index contributed by atoms with van der Waals surface area (Å²) in [6, 6.07) is -1.41. The fourth-order valence-corrected chi connectivity index (χ4v) is 5.08. The maximum atomic E-state index is 12.5. The number of nitrogens with zero attached hydrogens (tertiary/aromatic N) is 3. The van der Waals surface area contributed by atoms with E-state index in [2.05, 4.69) is 20.0 Å². The van der Waals surface area contributed by atoms with Crippen LogP contribution in [0.2, 0.25) is 0 Å². The molecule has 4 heterocycles. The molecule has 4 fully saturated rings. The second kappa shape index (κ2) is 11.4. The lowest BCUT2D eigenvalue weighted by Gasteiger charge is -2.29. The molecule has 4 aliphatic heterocycles. The first-order valence-corrected chi connectivity index (χ1v) is 12.6. The molecule has 0 aliphatic carbocycles. The highest BCUT2D eigenvalue weighted by molar-refractivity contribution is 7.80. The van der Waals surface area contributed by atoms with E-state index < -0.39 is 46.6 Å². The summed E-state index contributed by atoms with van der Waals surface area (Å²) in [7, 11) is -4.81. The van der Waals surface area contributed by atoms with Crippen LogP contribution in [-0.4, -0.2) is 114 Å². The minimum atomic E-state index is -5.08. The van der Waals surface area contributed by atoms with Crippen molar-refractivity contribution in [3.05, 3.63) is 0 Å². The van der Waals surface area contributed by atoms with Gasteiger partial charge >= 0.3 is 28.6 Å². The lowest BCUT2D eigenvalue weighted by molar-refractivity contribution is -0.192. The van der Waals surface area contributed by atoms with E-state index >= 15 is 0 Å². The number of hydroxylamine groups is 3. The zero-order valence-electron chi connectivity index (χ0n) is 19.0. The van der Waals surface area contributed by atoms with Crippen LogP contribution in [-0.2, 0) is 29.1 Å². The van der Waals surface area contributed by atoms with Gasteiger partial charge in [0.2, 0.25) is 0 Å². The van der Waals surface area contributed by atoms with Gasteiger partial charge in [-0.05, 0) is 45.2 Å². The molecule has 0 saturated carbocycles. The van der Waals surface area contributed by atoms with Gasteiger partial charge in [0.15, 0.2) is 0 Å². The molecule has 4 rings (SSSR count). The number of carboxylic acid groups (broad SMARTS) is 1. The van der Waals surface area contributed by atoms with Crippen LogP contribution in [0.1, 0.15) is 32.1 Å². The average molecular weight is 548 g/mol. The number of carbonyl (C=O) groups is 3. The topological polar surface area (TPSA) is 178 Å². The van der Waals surface area contributed by atoms with Gasteiger partial charge in [0.1, 0.15) is 6.04 Å². The van der Waals surface area contributed by atoms with Crippen molar-refractivity contribution in [3.8, 4) is 0 Å². The molecule has 0 spiro atoms. The van der Waals surface area contributed by atoms with Crippen LogP contribution in [0.4, 0.5) is 18.0 Å². The smallest absolute Gasteiger partial charge is 0.475 e. The Labute approximate surface area is 204 Å². The first-order valence-electron chi connectivity index (χ1n) is 11.2. The van der Waals surface area contributed by atoms with E-state index in [0.717, 1.165) is 26.1 Å². The van der Waals surface area contributed by atoms with E-state index in [0.29, 0.717) is 30.6 Å². The van der Waals surface area contributed by atoms with E-state index in [1.54, 1.807) is 0 Å². The number of aliphatic carboxylic acids is 1. The Morgan fingerprint density at radius 2 is 1.81 bits per heavy atom. The van der Waals surface area contributed by atoms with Crippen LogP contribution in [0.3, 0.4) is 0 Å². The van der Waals surface area contributed by atoms with Crippen LogP contribution in [0, 0.1) is 0 Å². The molecule has 36 heavy (non-hydrogen) atoms. The molecule has 3 amide bonds. The zero-order chi connectivity index (χ0) is 26.7. The van der Waals surface area contributed by atoms with E-state index in [1.807, 2.05) is 0 Å². The Bertz CT molecular complexity index is 932. The van der Waals surface area contributed by atoms with Crippen molar-refractivity contribution in [2.75, 3.05) is 32.8 Å². The highest BCUT2D eigenvalue weighted by Gasteiger charge is 2.49. The van der Waals surface area contributed by atoms with Gasteiger partial charge in [-0.2, -0.15) is 26.7 Å². The molecule has 0 aromatic carbocycles. The van der Waals surface area contributed by atoms with E-state index in [9.17, 15) is 31.2 Å². The fourth-order valence-electron chi connectivity index (χ4n) is 4.70. The number of piperidine rings is 1. The molecule has 2 bridgehead atoms. The Hall–Kier alpha value is -2.25. The lowest BCUT2D eigenvalue weighted by Crippen LogP contribution is -2.50.